The lowest BCUT2D eigenvalue weighted by atomic mass is 9.97. The van der Waals surface area contributed by atoms with Crippen molar-refractivity contribution in [3.63, 3.8) is 0 Å². The van der Waals surface area contributed by atoms with E-state index in [0.717, 1.165) is 29.4 Å². The van der Waals surface area contributed by atoms with E-state index in [1.807, 2.05) is 23.1 Å². The Morgan fingerprint density at radius 2 is 2.00 bits per heavy atom. The number of benzene rings is 2. The summed E-state index contributed by atoms with van der Waals surface area (Å²) in [4.78, 5) is 19.2. The first kappa shape index (κ1) is 19.9. The average Bonchev–Trinajstić information content (AvgIpc) is 3.16. The SMILES string of the molecule is C[C@H](NCC(=O)N1CCC(c2nc3ccccc3s2)CC1)c1ccc(F)cc1F. The largest absolute Gasteiger partial charge is 0.342 e. The van der Waals surface area contributed by atoms with E-state index < -0.39 is 11.6 Å². The van der Waals surface area contributed by atoms with Crippen LogP contribution in [0.4, 0.5) is 8.78 Å². The molecule has 3 aromatic rings. The van der Waals surface area contributed by atoms with Gasteiger partial charge in [0.25, 0.3) is 0 Å². The Kier molecular flexibility index (Phi) is 5.87. The Morgan fingerprint density at radius 3 is 2.72 bits per heavy atom. The van der Waals surface area contributed by atoms with Gasteiger partial charge in [-0.2, -0.15) is 0 Å². The molecule has 1 aliphatic rings. The van der Waals surface area contributed by atoms with Crippen molar-refractivity contribution >= 4 is 27.5 Å². The molecule has 2 heterocycles. The molecule has 0 saturated carbocycles. The van der Waals surface area contributed by atoms with Gasteiger partial charge >= 0.3 is 0 Å². The molecule has 1 amide bonds. The standard InChI is InChI=1S/C22H23F2N3OS/c1-14(17-7-6-16(23)12-18(17)24)25-13-21(28)27-10-8-15(9-11-27)22-26-19-4-2-3-5-20(19)29-22/h2-7,12,14-15,25H,8-11,13H2,1H3/t14-/m0/s1. The molecule has 0 spiro atoms. The number of halogens is 2. The summed E-state index contributed by atoms with van der Waals surface area (Å²) >= 11 is 1.74. The molecule has 1 saturated heterocycles. The molecule has 1 N–H and O–H groups in total. The van der Waals surface area contributed by atoms with Gasteiger partial charge in [-0.3, -0.25) is 4.79 Å². The predicted molar refractivity (Wildman–Crippen MR) is 111 cm³/mol. The van der Waals surface area contributed by atoms with Crippen molar-refractivity contribution in [3.05, 3.63) is 64.7 Å². The molecule has 4 nitrogen and oxygen atoms in total. The van der Waals surface area contributed by atoms with E-state index in [2.05, 4.69) is 11.4 Å². The highest BCUT2D eigenvalue weighted by Crippen LogP contribution is 2.33. The van der Waals surface area contributed by atoms with Gasteiger partial charge in [-0.1, -0.05) is 18.2 Å². The van der Waals surface area contributed by atoms with Crippen LogP contribution in [0.2, 0.25) is 0 Å². The van der Waals surface area contributed by atoms with E-state index >= 15 is 0 Å². The molecule has 29 heavy (non-hydrogen) atoms. The lowest BCUT2D eigenvalue weighted by Crippen LogP contribution is -2.43. The van der Waals surface area contributed by atoms with Crippen molar-refractivity contribution in [1.29, 1.82) is 0 Å². The van der Waals surface area contributed by atoms with Gasteiger partial charge < -0.3 is 10.2 Å². The Morgan fingerprint density at radius 1 is 1.24 bits per heavy atom. The normalized spacial score (nSPS) is 16.3. The minimum absolute atomic E-state index is 0.00196. The minimum Gasteiger partial charge on any atom is -0.342 e. The van der Waals surface area contributed by atoms with Crippen LogP contribution in [0.5, 0.6) is 0 Å². The number of piperidine rings is 1. The summed E-state index contributed by atoms with van der Waals surface area (Å²) in [5, 5.41) is 4.20. The maximum Gasteiger partial charge on any atom is 0.236 e. The zero-order valence-corrected chi connectivity index (χ0v) is 17.0. The Balaban J connectivity index is 1.29. The Bertz CT molecular complexity index is 981. The van der Waals surface area contributed by atoms with Crippen molar-refractivity contribution in [1.82, 2.24) is 15.2 Å². The zero-order valence-electron chi connectivity index (χ0n) is 16.2. The van der Waals surface area contributed by atoms with Gasteiger partial charge in [0.1, 0.15) is 11.6 Å². The fraction of sp³-hybridized carbons (Fsp3) is 0.364. The maximum absolute atomic E-state index is 13.9. The monoisotopic (exact) mass is 415 g/mol. The number of para-hydroxylation sites is 1. The van der Waals surface area contributed by atoms with Crippen molar-refractivity contribution in [2.45, 2.75) is 31.7 Å². The van der Waals surface area contributed by atoms with Gasteiger partial charge in [-0.05, 0) is 38.0 Å². The highest BCUT2D eigenvalue weighted by molar-refractivity contribution is 7.18. The molecule has 1 aromatic heterocycles. The number of amides is 1. The zero-order chi connectivity index (χ0) is 20.4. The summed E-state index contributed by atoms with van der Waals surface area (Å²) in [6.07, 6.45) is 1.79. The number of carbonyl (C=O) groups is 1. The molecular formula is C22H23F2N3OS. The summed E-state index contributed by atoms with van der Waals surface area (Å²) in [5.41, 5.74) is 1.39. The van der Waals surface area contributed by atoms with Gasteiger partial charge in [0, 0.05) is 36.7 Å². The van der Waals surface area contributed by atoms with Crippen LogP contribution in [0.25, 0.3) is 10.2 Å². The van der Waals surface area contributed by atoms with Crippen LogP contribution in [-0.4, -0.2) is 35.4 Å². The number of nitrogens with one attached hydrogen (secondary N) is 1. The van der Waals surface area contributed by atoms with Gasteiger partial charge in [0.2, 0.25) is 5.91 Å². The third-order valence-electron chi connectivity index (χ3n) is 5.50. The first-order valence-corrected chi connectivity index (χ1v) is 10.6. The Labute approximate surface area is 172 Å². The number of nitrogens with zero attached hydrogens (tertiary/aromatic N) is 2. The highest BCUT2D eigenvalue weighted by atomic mass is 32.1. The summed E-state index contributed by atoms with van der Waals surface area (Å²) in [7, 11) is 0. The van der Waals surface area contributed by atoms with Crippen molar-refractivity contribution in [2.24, 2.45) is 0 Å². The summed E-state index contributed by atoms with van der Waals surface area (Å²) < 4.78 is 28.1. The summed E-state index contributed by atoms with van der Waals surface area (Å²) in [5.74, 6) is -0.821. The van der Waals surface area contributed by atoms with Crippen molar-refractivity contribution in [2.75, 3.05) is 19.6 Å². The summed E-state index contributed by atoms with van der Waals surface area (Å²) in [6, 6.07) is 11.3. The van der Waals surface area contributed by atoms with Gasteiger partial charge in [-0.15, -0.1) is 11.3 Å². The number of hydrogen-bond acceptors (Lipinski definition) is 4. The quantitative estimate of drug-likeness (QED) is 0.661. The van der Waals surface area contributed by atoms with E-state index in [1.165, 1.54) is 16.8 Å². The number of aromatic nitrogens is 1. The Hall–Kier alpha value is -2.38. The minimum atomic E-state index is -0.606. The smallest absolute Gasteiger partial charge is 0.236 e. The summed E-state index contributed by atoms with van der Waals surface area (Å²) in [6.45, 7) is 3.29. The number of fused-ring (bicyclic) bond motifs is 1. The van der Waals surface area contributed by atoms with E-state index in [-0.39, 0.29) is 18.5 Å². The van der Waals surface area contributed by atoms with Crippen molar-refractivity contribution in [3.8, 4) is 0 Å². The average molecular weight is 416 g/mol. The molecule has 0 aliphatic carbocycles. The third kappa shape index (κ3) is 4.46. The van der Waals surface area contributed by atoms with Gasteiger partial charge in [0.15, 0.2) is 0 Å². The molecule has 1 fully saturated rings. The van der Waals surface area contributed by atoms with Crippen LogP contribution in [0, 0.1) is 11.6 Å². The lowest BCUT2D eigenvalue weighted by Gasteiger charge is -2.31. The van der Waals surface area contributed by atoms with Crippen LogP contribution >= 0.6 is 11.3 Å². The van der Waals surface area contributed by atoms with Crippen LogP contribution in [0.1, 0.15) is 42.3 Å². The first-order chi connectivity index (χ1) is 14.0. The third-order valence-corrected chi connectivity index (χ3v) is 6.69. The van der Waals surface area contributed by atoms with E-state index in [4.69, 9.17) is 4.98 Å². The molecule has 0 unspecified atom stereocenters. The first-order valence-electron chi connectivity index (χ1n) is 9.83. The number of thiazole rings is 1. The van der Waals surface area contributed by atoms with E-state index in [1.54, 1.807) is 18.3 Å². The molecule has 2 aromatic carbocycles. The molecular weight excluding hydrogens is 392 g/mol. The fourth-order valence-electron chi connectivity index (χ4n) is 3.76. The number of likely N-dealkylation sites (tertiary alicyclic amines) is 1. The lowest BCUT2D eigenvalue weighted by molar-refractivity contribution is -0.131. The molecule has 1 aliphatic heterocycles. The van der Waals surface area contributed by atoms with Crippen LogP contribution in [0.15, 0.2) is 42.5 Å². The fourth-order valence-corrected chi connectivity index (χ4v) is 4.89. The number of hydrogen-bond donors (Lipinski definition) is 1. The van der Waals surface area contributed by atoms with Crippen LogP contribution < -0.4 is 5.32 Å². The molecule has 1 atom stereocenters. The molecule has 152 valence electrons. The topological polar surface area (TPSA) is 45.2 Å². The second-order valence-corrected chi connectivity index (χ2v) is 8.51. The highest BCUT2D eigenvalue weighted by Gasteiger charge is 2.26. The van der Waals surface area contributed by atoms with E-state index in [0.29, 0.717) is 24.6 Å². The molecule has 0 bridgehead atoms. The van der Waals surface area contributed by atoms with Gasteiger partial charge in [-0.25, -0.2) is 13.8 Å². The number of carbonyl (C=O) groups excluding carboxylic acids is 1. The maximum atomic E-state index is 13.9. The van der Waals surface area contributed by atoms with Crippen molar-refractivity contribution < 1.29 is 13.6 Å². The second-order valence-electron chi connectivity index (χ2n) is 7.44. The molecule has 0 radical (unpaired) electrons. The molecule has 4 rings (SSSR count). The molecule has 7 heteroatoms. The number of rotatable bonds is 5. The second kappa shape index (κ2) is 8.55. The van der Waals surface area contributed by atoms with E-state index in [9.17, 15) is 13.6 Å². The van der Waals surface area contributed by atoms with Crippen LogP contribution in [0.3, 0.4) is 0 Å². The van der Waals surface area contributed by atoms with Gasteiger partial charge in [0.05, 0.1) is 21.8 Å². The van der Waals surface area contributed by atoms with Crippen LogP contribution in [-0.2, 0) is 4.79 Å². The predicted octanol–water partition coefficient (Wildman–Crippen LogP) is 4.63.